The summed E-state index contributed by atoms with van der Waals surface area (Å²) in [7, 11) is 3.65. The van der Waals surface area contributed by atoms with Crippen molar-refractivity contribution in [1.29, 1.82) is 0 Å². The Morgan fingerprint density at radius 2 is 1.81 bits per heavy atom. The monoisotopic (exact) mass is 375 g/mol. The van der Waals surface area contributed by atoms with E-state index in [1.165, 1.54) is 0 Å². The molecule has 1 heterocycles. The molecule has 2 rings (SSSR count). The molecule has 0 radical (unpaired) electrons. The number of amides is 4. The summed E-state index contributed by atoms with van der Waals surface area (Å²) in [5.41, 5.74) is 2.14. The van der Waals surface area contributed by atoms with Gasteiger partial charge in [0.15, 0.2) is 0 Å². The minimum Gasteiger partial charge on any atom is -0.343 e. The summed E-state index contributed by atoms with van der Waals surface area (Å²) in [5.74, 6) is -0.0425. The van der Waals surface area contributed by atoms with E-state index in [4.69, 9.17) is 0 Å². The van der Waals surface area contributed by atoms with Crippen LogP contribution in [-0.4, -0.2) is 67.9 Å². The third-order valence-corrected chi connectivity index (χ3v) is 4.31. The van der Waals surface area contributed by atoms with E-state index in [0.29, 0.717) is 24.3 Å². The lowest BCUT2D eigenvalue weighted by Gasteiger charge is -2.16. The van der Waals surface area contributed by atoms with Gasteiger partial charge < -0.3 is 25.8 Å². The molecule has 148 valence electrons. The normalized spacial score (nSPS) is 13.6. The van der Waals surface area contributed by atoms with Crippen LogP contribution in [0.4, 0.5) is 16.2 Å². The van der Waals surface area contributed by atoms with Crippen LogP contribution in [0.25, 0.3) is 0 Å². The molecule has 0 spiro atoms. The summed E-state index contributed by atoms with van der Waals surface area (Å²) in [6, 6.07) is 4.94. The number of benzene rings is 1. The molecule has 0 saturated carbocycles. The molecule has 1 saturated heterocycles. The van der Waals surface area contributed by atoms with E-state index in [0.717, 1.165) is 31.5 Å². The first-order valence-electron chi connectivity index (χ1n) is 9.23. The highest BCUT2D eigenvalue weighted by Crippen LogP contribution is 2.20. The summed E-state index contributed by atoms with van der Waals surface area (Å²) >= 11 is 0. The number of hydrogen-bond acceptors (Lipinski definition) is 4. The van der Waals surface area contributed by atoms with Gasteiger partial charge in [-0.3, -0.25) is 9.59 Å². The smallest absolute Gasteiger partial charge is 0.319 e. The standard InChI is InChI=1S/C19H29N5O3/c1-14-6-7-15(12-16(14)22-17(25)13-23(2)3)21-19(27)20-9-8-18(26)24-10-4-5-11-24/h6-7,12H,4-5,8-11,13H2,1-3H3,(H,22,25)(H2,20,21,27). The van der Waals surface area contributed by atoms with E-state index in [1.807, 2.05) is 32.0 Å². The molecule has 8 nitrogen and oxygen atoms in total. The van der Waals surface area contributed by atoms with Crippen molar-refractivity contribution >= 4 is 29.2 Å². The first kappa shape index (κ1) is 20.7. The van der Waals surface area contributed by atoms with Crippen molar-refractivity contribution in [3.8, 4) is 0 Å². The minimum atomic E-state index is -0.376. The first-order chi connectivity index (χ1) is 12.8. The second-order valence-electron chi connectivity index (χ2n) is 7.03. The van der Waals surface area contributed by atoms with Gasteiger partial charge in [0, 0.05) is 37.4 Å². The van der Waals surface area contributed by atoms with E-state index in [9.17, 15) is 14.4 Å². The molecule has 0 atom stereocenters. The number of carbonyl (C=O) groups is 3. The van der Waals surface area contributed by atoms with Gasteiger partial charge >= 0.3 is 6.03 Å². The molecule has 1 aromatic rings. The Labute approximate surface area is 160 Å². The lowest BCUT2D eigenvalue weighted by Crippen LogP contribution is -2.34. The van der Waals surface area contributed by atoms with E-state index in [1.54, 1.807) is 17.0 Å². The average molecular weight is 375 g/mol. The summed E-state index contributed by atoms with van der Waals surface area (Å²) in [6.07, 6.45) is 2.41. The number of anilines is 2. The zero-order valence-electron chi connectivity index (χ0n) is 16.3. The fraction of sp³-hybridized carbons (Fsp3) is 0.526. The van der Waals surface area contributed by atoms with Crippen molar-refractivity contribution in [2.45, 2.75) is 26.2 Å². The third-order valence-electron chi connectivity index (χ3n) is 4.31. The molecule has 8 heteroatoms. The van der Waals surface area contributed by atoms with E-state index < -0.39 is 0 Å². The molecule has 1 aliphatic heterocycles. The molecule has 1 aliphatic rings. The van der Waals surface area contributed by atoms with E-state index in [-0.39, 0.29) is 24.4 Å². The van der Waals surface area contributed by atoms with Gasteiger partial charge in [-0.1, -0.05) is 6.07 Å². The molecule has 1 fully saturated rings. The number of urea groups is 1. The Bertz CT molecular complexity index is 684. The highest BCUT2D eigenvalue weighted by Gasteiger charge is 2.17. The lowest BCUT2D eigenvalue weighted by molar-refractivity contribution is -0.130. The summed E-state index contributed by atoms with van der Waals surface area (Å²) in [6.45, 7) is 4.09. The van der Waals surface area contributed by atoms with Crippen LogP contribution >= 0.6 is 0 Å². The number of aryl methyl sites for hydroxylation is 1. The molecule has 0 aromatic heterocycles. The Morgan fingerprint density at radius 3 is 2.48 bits per heavy atom. The molecular formula is C19H29N5O3. The van der Waals surface area contributed by atoms with Crippen molar-refractivity contribution in [2.75, 3.05) is 50.9 Å². The van der Waals surface area contributed by atoms with Crippen LogP contribution in [0.15, 0.2) is 18.2 Å². The summed E-state index contributed by atoms with van der Waals surface area (Å²) in [4.78, 5) is 39.5. The van der Waals surface area contributed by atoms with Gasteiger partial charge in [-0.05, 0) is 51.6 Å². The fourth-order valence-corrected chi connectivity index (χ4v) is 2.89. The minimum absolute atomic E-state index is 0.0778. The van der Waals surface area contributed by atoms with Crippen LogP contribution in [-0.2, 0) is 9.59 Å². The SMILES string of the molecule is Cc1ccc(NC(=O)NCCC(=O)N2CCCC2)cc1NC(=O)CN(C)C. The van der Waals surface area contributed by atoms with Crippen LogP contribution in [0.1, 0.15) is 24.8 Å². The number of nitrogens with zero attached hydrogens (tertiary/aromatic N) is 2. The van der Waals surface area contributed by atoms with Crippen LogP contribution in [0, 0.1) is 6.92 Å². The van der Waals surface area contributed by atoms with E-state index >= 15 is 0 Å². The maximum atomic E-state index is 12.0. The second-order valence-corrected chi connectivity index (χ2v) is 7.03. The number of carbonyl (C=O) groups excluding carboxylic acids is 3. The highest BCUT2D eigenvalue weighted by atomic mass is 16.2. The van der Waals surface area contributed by atoms with Crippen molar-refractivity contribution < 1.29 is 14.4 Å². The van der Waals surface area contributed by atoms with Crippen LogP contribution < -0.4 is 16.0 Å². The highest BCUT2D eigenvalue weighted by molar-refractivity contribution is 5.95. The lowest BCUT2D eigenvalue weighted by atomic mass is 10.1. The topological polar surface area (TPSA) is 93.8 Å². The van der Waals surface area contributed by atoms with Crippen molar-refractivity contribution in [3.05, 3.63) is 23.8 Å². The van der Waals surface area contributed by atoms with Crippen molar-refractivity contribution in [2.24, 2.45) is 0 Å². The van der Waals surface area contributed by atoms with Gasteiger partial charge in [0.2, 0.25) is 11.8 Å². The Morgan fingerprint density at radius 1 is 1.11 bits per heavy atom. The van der Waals surface area contributed by atoms with Gasteiger partial charge in [0.1, 0.15) is 0 Å². The van der Waals surface area contributed by atoms with Crippen LogP contribution in [0.3, 0.4) is 0 Å². The quantitative estimate of drug-likeness (QED) is 0.675. The molecule has 27 heavy (non-hydrogen) atoms. The Hall–Kier alpha value is -2.61. The predicted molar refractivity (Wildman–Crippen MR) is 106 cm³/mol. The zero-order chi connectivity index (χ0) is 19.8. The third kappa shape index (κ3) is 6.90. The van der Waals surface area contributed by atoms with Gasteiger partial charge in [-0.15, -0.1) is 0 Å². The van der Waals surface area contributed by atoms with Crippen LogP contribution in [0.2, 0.25) is 0 Å². The van der Waals surface area contributed by atoms with Crippen molar-refractivity contribution in [1.82, 2.24) is 15.1 Å². The molecule has 1 aromatic carbocycles. The summed E-state index contributed by atoms with van der Waals surface area (Å²) in [5, 5.41) is 8.27. The maximum Gasteiger partial charge on any atom is 0.319 e. The van der Waals surface area contributed by atoms with Crippen LogP contribution in [0.5, 0.6) is 0 Å². The van der Waals surface area contributed by atoms with Gasteiger partial charge in [0.25, 0.3) is 0 Å². The number of likely N-dealkylation sites (N-methyl/N-ethyl adjacent to an activating group) is 1. The second kappa shape index (κ2) is 9.91. The fourth-order valence-electron chi connectivity index (χ4n) is 2.89. The van der Waals surface area contributed by atoms with Gasteiger partial charge in [-0.25, -0.2) is 4.79 Å². The molecule has 0 unspecified atom stereocenters. The Kier molecular flexibility index (Phi) is 7.60. The molecule has 3 N–H and O–H groups in total. The largest absolute Gasteiger partial charge is 0.343 e. The summed E-state index contributed by atoms with van der Waals surface area (Å²) < 4.78 is 0. The molecule has 0 bridgehead atoms. The first-order valence-corrected chi connectivity index (χ1v) is 9.23. The number of hydrogen-bond donors (Lipinski definition) is 3. The number of rotatable bonds is 7. The molecular weight excluding hydrogens is 346 g/mol. The molecule has 0 aliphatic carbocycles. The van der Waals surface area contributed by atoms with Gasteiger partial charge in [-0.2, -0.15) is 0 Å². The van der Waals surface area contributed by atoms with E-state index in [2.05, 4.69) is 16.0 Å². The van der Waals surface area contributed by atoms with Gasteiger partial charge in [0.05, 0.1) is 6.54 Å². The van der Waals surface area contributed by atoms with Crippen molar-refractivity contribution in [3.63, 3.8) is 0 Å². The average Bonchev–Trinajstić information content (AvgIpc) is 3.11. The number of nitrogens with one attached hydrogen (secondary N) is 3. The maximum absolute atomic E-state index is 12.0. The molecule has 4 amide bonds. The zero-order valence-corrected chi connectivity index (χ0v) is 16.3. The Balaban J connectivity index is 1.81. The predicted octanol–water partition coefficient (Wildman–Crippen LogP) is 1.63. The number of likely N-dealkylation sites (tertiary alicyclic amines) is 1.